The summed E-state index contributed by atoms with van der Waals surface area (Å²) in [6.07, 6.45) is -0.430. The number of aromatic amines is 1. The predicted molar refractivity (Wildman–Crippen MR) is 106 cm³/mol. The number of aromatic nitrogens is 2. The molecule has 0 bridgehead atoms. The molecule has 0 spiro atoms. The molecule has 1 aromatic heterocycles. The number of rotatable bonds is 6. The van der Waals surface area contributed by atoms with Crippen LogP contribution in [0.5, 0.6) is 0 Å². The van der Waals surface area contributed by atoms with E-state index < -0.39 is 17.8 Å². The molecule has 10 heteroatoms. The normalized spacial score (nSPS) is 11.2. The average molecular weight is 424 g/mol. The molecule has 0 aliphatic heterocycles. The van der Waals surface area contributed by atoms with Gasteiger partial charge in [-0.2, -0.15) is 18.3 Å². The highest BCUT2D eigenvalue weighted by molar-refractivity contribution is 6.33. The largest absolute Gasteiger partial charge is 0.416 e. The number of nitrogens with one attached hydrogen (secondary N) is 4. The van der Waals surface area contributed by atoms with Crippen LogP contribution in [0.2, 0.25) is 5.02 Å². The highest BCUT2D eigenvalue weighted by atomic mass is 35.5. The zero-order chi connectivity index (χ0) is 20.9. The van der Waals surface area contributed by atoms with Crippen molar-refractivity contribution in [1.29, 1.82) is 0 Å². The molecule has 3 rings (SSSR count). The van der Waals surface area contributed by atoms with Gasteiger partial charge < -0.3 is 16.0 Å². The molecule has 0 saturated heterocycles. The monoisotopic (exact) mass is 423 g/mol. The van der Waals surface area contributed by atoms with Crippen molar-refractivity contribution in [2.45, 2.75) is 12.6 Å². The molecule has 0 aliphatic rings. The zero-order valence-electron chi connectivity index (χ0n) is 15.0. The van der Waals surface area contributed by atoms with Gasteiger partial charge in [0, 0.05) is 18.4 Å². The average Bonchev–Trinajstić information content (AvgIpc) is 3.16. The Labute approximate surface area is 169 Å². The van der Waals surface area contributed by atoms with E-state index >= 15 is 0 Å². The van der Waals surface area contributed by atoms with Crippen LogP contribution in [0.4, 0.5) is 35.0 Å². The first-order chi connectivity index (χ1) is 13.8. The van der Waals surface area contributed by atoms with Gasteiger partial charge in [0.1, 0.15) is 0 Å². The fraction of sp³-hybridized carbons (Fsp3) is 0.158. The van der Waals surface area contributed by atoms with Gasteiger partial charge in [0.15, 0.2) is 0 Å². The lowest BCUT2D eigenvalue weighted by Crippen LogP contribution is -2.20. The molecule has 3 aromatic rings. The minimum atomic E-state index is -4.53. The second-order valence-corrected chi connectivity index (χ2v) is 6.54. The molecule has 4 N–H and O–H groups in total. The zero-order valence-corrected chi connectivity index (χ0v) is 15.7. The Balaban J connectivity index is 1.59. The molecule has 152 valence electrons. The summed E-state index contributed by atoms with van der Waals surface area (Å²) in [5.74, 6) is 0. The van der Waals surface area contributed by atoms with E-state index in [1.165, 1.54) is 0 Å². The minimum Gasteiger partial charge on any atom is -0.382 e. The van der Waals surface area contributed by atoms with E-state index in [9.17, 15) is 18.0 Å². The molecular formula is C19H17ClF3N5O. The number of carbonyl (C=O) groups is 1. The topological polar surface area (TPSA) is 81.8 Å². The van der Waals surface area contributed by atoms with Crippen LogP contribution in [0, 0.1) is 0 Å². The first-order valence-corrected chi connectivity index (χ1v) is 8.95. The first kappa shape index (κ1) is 20.5. The summed E-state index contributed by atoms with van der Waals surface area (Å²) in [5, 5.41) is 14.7. The highest BCUT2D eigenvalue weighted by Gasteiger charge is 2.31. The minimum absolute atomic E-state index is 0.00669. The van der Waals surface area contributed by atoms with Gasteiger partial charge in [0.25, 0.3) is 0 Å². The third-order valence-corrected chi connectivity index (χ3v) is 4.30. The van der Waals surface area contributed by atoms with E-state index in [4.69, 9.17) is 11.6 Å². The van der Waals surface area contributed by atoms with Crippen LogP contribution in [-0.4, -0.2) is 22.8 Å². The van der Waals surface area contributed by atoms with Crippen LogP contribution >= 0.6 is 11.6 Å². The Hall–Kier alpha value is -3.20. The first-order valence-electron chi connectivity index (χ1n) is 8.57. The molecule has 6 nitrogen and oxygen atoms in total. The number of urea groups is 1. The number of halogens is 4. The number of benzene rings is 2. The Morgan fingerprint density at radius 1 is 1.10 bits per heavy atom. The van der Waals surface area contributed by atoms with Gasteiger partial charge in [-0.3, -0.25) is 5.10 Å². The number of H-pyrrole nitrogens is 1. The summed E-state index contributed by atoms with van der Waals surface area (Å²) in [7, 11) is 0. The van der Waals surface area contributed by atoms with Crippen LogP contribution in [0.3, 0.4) is 0 Å². The molecule has 2 aromatic carbocycles. The van der Waals surface area contributed by atoms with Gasteiger partial charge in [-0.25, -0.2) is 4.79 Å². The molecule has 0 atom stereocenters. The van der Waals surface area contributed by atoms with E-state index in [1.54, 1.807) is 30.6 Å². The van der Waals surface area contributed by atoms with Crippen molar-refractivity contribution < 1.29 is 18.0 Å². The van der Waals surface area contributed by atoms with E-state index in [-0.39, 0.29) is 10.7 Å². The van der Waals surface area contributed by atoms with E-state index in [2.05, 4.69) is 26.1 Å². The van der Waals surface area contributed by atoms with Gasteiger partial charge in [-0.05, 0) is 42.3 Å². The van der Waals surface area contributed by atoms with Gasteiger partial charge in [-0.1, -0.05) is 23.7 Å². The molecule has 0 aliphatic carbocycles. The number of nitrogens with zero attached hydrogens (tertiary/aromatic N) is 1. The summed E-state index contributed by atoms with van der Waals surface area (Å²) in [6, 6.07) is 9.19. The van der Waals surface area contributed by atoms with Crippen molar-refractivity contribution in [3.05, 3.63) is 71.0 Å². The smallest absolute Gasteiger partial charge is 0.382 e. The van der Waals surface area contributed by atoms with Crippen molar-refractivity contribution in [3.63, 3.8) is 0 Å². The van der Waals surface area contributed by atoms with E-state index in [0.29, 0.717) is 18.7 Å². The second kappa shape index (κ2) is 8.87. The highest BCUT2D eigenvalue weighted by Crippen LogP contribution is 2.33. The molecule has 0 radical (unpaired) electrons. The summed E-state index contributed by atoms with van der Waals surface area (Å²) < 4.78 is 38.5. The molecule has 1 heterocycles. The van der Waals surface area contributed by atoms with Crippen LogP contribution in [0.15, 0.2) is 54.9 Å². The van der Waals surface area contributed by atoms with Gasteiger partial charge in [0.2, 0.25) is 0 Å². The Bertz CT molecular complexity index is 976. The number of alkyl halides is 3. The number of carbonyl (C=O) groups excluding carboxylic acids is 1. The van der Waals surface area contributed by atoms with Gasteiger partial charge in [-0.15, -0.1) is 0 Å². The number of hydrogen-bond donors (Lipinski definition) is 4. The quantitative estimate of drug-likeness (QED) is 0.429. The van der Waals surface area contributed by atoms with E-state index in [0.717, 1.165) is 29.4 Å². The Morgan fingerprint density at radius 3 is 2.66 bits per heavy atom. The van der Waals surface area contributed by atoms with Crippen LogP contribution in [0.25, 0.3) is 0 Å². The molecule has 0 saturated carbocycles. The van der Waals surface area contributed by atoms with Gasteiger partial charge >= 0.3 is 12.2 Å². The molecule has 2 amide bonds. The summed E-state index contributed by atoms with van der Waals surface area (Å²) >= 11 is 5.89. The third kappa shape index (κ3) is 5.89. The van der Waals surface area contributed by atoms with Crippen molar-refractivity contribution in [2.75, 3.05) is 22.5 Å². The molecule has 0 fully saturated rings. The Morgan fingerprint density at radius 2 is 1.93 bits per heavy atom. The number of hydrogen-bond acceptors (Lipinski definition) is 3. The second-order valence-electron chi connectivity index (χ2n) is 6.14. The summed E-state index contributed by atoms with van der Waals surface area (Å²) in [4.78, 5) is 12.2. The lowest BCUT2D eigenvalue weighted by molar-refractivity contribution is -0.137. The summed E-state index contributed by atoms with van der Waals surface area (Å²) in [5.41, 5.74) is 1.32. The molecular weight excluding hydrogens is 407 g/mol. The fourth-order valence-corrected chi connectivity index (χ4v) is 2.75. The lowest BCUT2D eigenvalue weighted by Gasteiger charge is -2.13. The van der Waals surface area contributed by atoms with Crippen molar-refractivity contribution in [2.24, 2.45) is 0 Å². The maximum absolute atomic E-state index is 12.8. The molecule has 0 unspecified atom stereocenters. The summed E-state index contributed by atoms with van der Waals surface area (Å²) in [6.45, 7) is 0.662. The van der Waals surface area contributed by atoms with Crippen molar-refractivity contribution >= 4 is 34.7 Å². The van der Waals surface area contributed by atoms with Crippen LogP contribution in [-0.2, 0) is 12.6 Å². The Kier molecular flexibility index (Phi) is 6.28. The predicted octanol–water partition coefficient (Wildman–Crippen LogP) is 5.38. The van der Waals surface area contributed by atoms with Crippen LogP contribution in [0.1, 0.15) is 11.1 Å². The van der Waals surface area contributed by atoms with Crippen molar-refractivity contribution in [1.82, 2.24) is 10.2 Å². The maximum Gasteiger partial charge on any atom is 0.416 e. The fourth-order valence-electron chi connectivity index (χ4n) is 2.59. The number of anilines is 3. The van der Waals surface area contributed by atoms with E-state index in [1.807, 2.05) is 6.07 Å². The standard InChI is InChI=1S/C19H17ClF3N5O/c20-16-5-4-13(19(21,22)23)9-17(16)28-18(29)27-14-3-1-2-12(8-14)6-7-24-15-10-25-26-11-15/h1-5,8-11,24H,6-7H2,(H,25,26)(H2,27,28,29). The molecule has 29 heavy (non-hydrogen) atoms. The maximum atomic E-state index is 12.8. The SMILES string of the molecule is O=C(Nc1cccc(CCNc2cn[nH]c2)c1)Nc1cc(C(F)(F)F)ccc1Cl. The lowest BCUT2D eigenvalue weighted by atomic mass is 10.1. The van der Waals surface area contributed by atoms with Crippen molar-refractivity contribution in [3.8, 4) is 0 Å². The third-order valence-electron chi connectivity index (χ3n) is 3.97. The van der Waals surface area contributed by atoms with Gasteiger partial charge in [0.05, 0.1) is 28.2 Å². The van der Waals surface area contributed by atoms with Crippen LogP contribution < -0.4 is 16.0 Å². The number of amides is 2.